The number of pyridine rings is 1. The largest absolute Gasteiger partial charge is 0.489 e. The fourth-order valence-electron chi connectivity index (χ4n) is 2.15. The molecule has 2 heterocycles. The maximum Gasteiger partial charge on any atom is 0.137 e. The number of rotatable bonds is 5. The lowest BCUT2D eigenvalue weighted by atomic mass is 10.1. The summed E-state index contributed by atoms with van der Waals surface area (Å²) >= 11 is 0. The summed E-state index contributed by atoms with van der Waals surface area (Å²) in [5, 5.41) is 3.42. The van der Waals surface area contributed by atoms with E-state index in [-0.39, 0.29) is 11.6 Å². The Labute approximate surface area is 121 Å². The van der Waals surface area contributed by atoms with Crippen LogP contribution in [-0.2, 0) is 11.3 Å². The topological polar surface area (TPSA) is 43.4 Å². The van der Waals surface area contributed by atoms with Gasteiger partial charge in [0.1, 0.15) is 12.4 Å². The molecule has 1 fully saturated rings. The summed E-state index contributed by atoms with van der Waals surface area (Å²) in [5.74, 6) is 0.813. The van der Waals surface area contributed by atoms with Gasteiger partial charge < -0.3 is 14.8 Å². The molecular formula is C16H26N2O2. The lowest BCUT2D eigenvalue weighted by Crippen LogP contribution is -2.35. The van der Waals surface area contributed by atoms with Crippen LogP contribution in [-0.4, -0.2) is 29.3 Å². The summed E-state index contributed by atoms with van der Waals surface area (Å²) in [4.78, 5) is 4.41. The van der Waals surface area contributed by atoms with Crippen molar-refractivity contribution in [2.75, 3.05) is 6.61 Å². The van der Waals surface area contributed by atoms with Gasteiger partial charge in [0.15, 0.2) is 0 Å². The monoisotopic (exact) mass is 278 g/mol. The second-order valence-electron chi connectivity index (χ2n) is 6.55. The highest BCUT2D eigenvalue weighted by Crippen LogP contribution is 2.20. The van der Waals surface area contributed by atoms with Crippen molar-refractivity contribution in [2.24, 2.45) is 0 Å². The molecule has 1 aliphatic heterocycles. The van der Waals surface area contributed by atoms with Gasteiger partial charge in [-0.1, -0.05) is 0 Å². The molecule has 20 heavy (non-hydrogen) atoms. The predicted octanol–water partition coefficient (Wildman–Crippen LogP) is 2.92. The molecule has 0 aromatic carbocycles. The molecule has 112 valence electrons. The number of hydrogen-bond donors (Lipinski definition) is 1. The van der Waals surface area contributed by atoms with E-state index in [1.807, 2.05) is 12.1 Å². The quantitative estimate of drug-likeness (QED) is 0.899. The average molecular weight is 278 g/mol. The Hall–Kier alpha value is -1.13. The lowest BCUT2D eigenvalue weighted by molar-refractivity contribution is 0.0264. The SMILES string of the molecule is CC1CCC(COc2ccc(CNC(C)(C)C)nc2)O1. The van der Waals surface area contributed by atoms with Crippen LogP contribution in [0.5, 0.6) is 5.75 Å². The highest BCUT2D eigenvalue weighted by atomic mass is 16.5. The van der Waals surface area contributed by atoms with Gasteiger partial charge in [-0.3, -0.25) is 4.98 Å². The Bertz CT molecular complexity index is 411. The summed E-state index contributed by atoms with van der Waals surface area (Å²) in [7, 11) is 0. The molecule has 1 aliphatic rings. The Morgan fingerprint density at radius 3 is 2.70 bits per heavy atom. The van der Waals surface area contributed by atoms with Crippen LogP contribution in [0.3, 0.4) is 0 Å². The third kappa shape index (κ3) is 5.10. The van der Waals surface area contributed by atoms with Crippen molar-refractivity contribution in [3.05, 3.63) is 24.0 Å². The molecule has 0 amide bonds. The third-order valence-electron chi connectivity index (χ3n) is 3.35. The molecule has 0 bridgehead atoms. The fraction of sp³-hybridized carbons (Fsp3) is 0.688. The summed E-state index contributed by atoms with van der Waals surface area (Å²) in [6.45, 7) is 9.93. The standard InChI is InChI=1S/C16H26N2O2/c1-12-5-7-15(20-12)11-19-14-8-6-13(17-10-14)9-18-16(2,3)4/h6,8,10,12,15,18H,5,7,9,11H2,1-4H3. The molecule has 4 heteroatoms. The maximum atomic E-state index is 5.73. The van der Waals surface area contributed by atoms with Crippen LogP contribution in [0.15, 0.2) is 18.3 Å². The summed E-state index contributed by atoms with van der Waals surface area (Å²) < 4.78 is 11.5. The maximum absolute atomic E-state index is 5.73. The zero-order valence-corrected chi connectivity index (χ0v) is 13.0. The molecule has 1 N–H and O–H groups in total. The number of ether oxygens (including phenoxy) is 2. The van der Waals surface area contributed by atoms with E-state index in [1.165, 1.54) is 0 Å². The van der Waals surface area contributed by atoms with Crippen LogP contribution in [0, 0.1) is 0 Å². The van der Waals surface area contributed by atoms with Gasteiger partial charge in [0, 0.05) is 12.1 Å². The van der Waals surface area contributed by atoms with Crippen LogP contribution < -0.4 is 10.1 Å². The van der Waals surface area contributed by atoms with Crippen molar-refractivity contribution in [3.8, 4) is 5.75 Å². The fourth-order valence-corrected chi connectivity index (χ4v) is 2.15. The van der Waals surface area contributed by atoms with E-state index in [2.05, 4.69) is 38.0 Å². The van der Waals surface area contributed by atoms with Gasteiger partial charge in [-0.25, -0.2) is 0 Å². The molecule has 1 saturated heterocycles. The van der Waals surface area contributed by atoms with Gasteiger partial charge >= 0.3 is 0 Å². The normalized spacial score (nSPS) is 23.0. The second kappa shape index (κ2) is 6.55. The number of nitrogens with zero attached hydrogens (tertiary/aromatic N) is 1. The Kier molecular flexibility index (Phi) is 5.00. The molecule has 2 atom stereocenters. The summed E-state index contributed by atoms with van der Waals surface area (Å²) in [6, 6.07) is 3.98. The molecule has 1 aromatic heterocycles. The first-order valence-electron chi connectivity index (χ1n) is 7.40. The van der Waals surface area contributed by atoms with Gasteiger partial charge in [-0.2, -0.15) is 0 Å². The summed E-state index contributed by atoms with van der Waals surface area (Å²) in [5.41, 5.74) is 1.13. The van der Waals surface area contributed by atoms with Crippen LogP contribution in [0.2, 0.25) is 0 Å². The van der Waals surface area contributed by atoms with E-state index in [0.29, 0.717) is 12.7 Å². The Morgan fingerprint density at radius 2 is 2.15 bits per heavy atom. The average Bonchev–Trinajstić information content (AvgIpc) is 2.80. The van der Waals surface area contributed by atoms with Crippen LogP contribution >= 0.6 is 0 Å². The minimum absolute atomic E-state index is 0.105. The van der Waals surface area contributed by atoms with E-state index in [4.69, 9.17) is 9.47 Å². The van der Waals surface area contributed by atoms with E-state index >= 15 is 0 Å². The van der Waals surface area contributed by atoms with Crippen molar-refractivity contribution >= 4 is 0 Å². The zero-order chi connectivity index (χ0) is 14.6. The highest BCUT2D eigenvalue weighted by molar-refractivity contribution is 5.20. The second-order valence-corrected chi connectivity index (χ2v) is 6.55. The molecule has 0 spiro atoms. The minimum atomic E-state index is 0.105. The number of nitrogens with one attached hydrogen (secondary N) is 1. The first kappa shape index (κ1) is 15.3. The Balaban J connectivity index is 1.76. The van der Waals surface area contributed by atoms with Crippen molar-refractivity contribution < 1.29 is 9.47 Å². The molecular weight excluding hydrogens is 252 g/mol. The highest BCUT2D eigenvalue weighted by Gasteiger charge is 2.22. The molecule has 4 nitrogen and oxygen atoms in total. The van der Waals surface area contributed by atoms with Gasteiger partial charge in [-0.05, 0) is 52.7 Å². The number of aromatic nitrogens is 1. The first-order valence-corrected chi connectivity index (χ1v) is 7.40. The van der Waals surface area contributed by atoms with E-state index in [1.54, 1.807) is 6.20 Å². The van der Waals surface area contributed by atoms with Gasteiger partial charge in [0.05, 0.1) is 24.1 Å². The minimum Gasteiger partial charge on any atom is -0.489 e. The van der Waals surface area contributed by atoms with Crippen molar-refractivity contribution in [3.63, 3.8) is 0 Å². The lowest BCUT2D eigenvalue weighted by Gasteiger charge is -2.20. The van der Waals surface area contributed by atoms with Crippen LogP contribution in [0.4, 0.5) is 0 Å². The van der Waals surface area contributed by atoms with Crippen molar-refractivity contribution in [2.45, 2.75) is 64.8 Å². The number of hydrogen-bond acceptors (Lipinski definition) is 4. The van der Waals surface area contributed by atoms with Crippen molar-refractivity contribution in [1.29, 1.82) is 0 Å². The molecule has 0 saturated carbocycles. The molecule has 0 aliphatic carbocycles. The third-order valence-corrected chi connectivity index (χ3v) is 3.35. The predicted molar refractivity (Wildman–Crippen MR) is 79.9 cm³/mol. The van der Waals surface area contributed by atoms with Gasteiger partial charge in [-0.15, -0.1) is 0 Å². The van der Waals surface area contributed by atoms with Crippen molar-refractivity contribution in [1.82, 2.24) is 10.3 Å². The smallest absolute Gasteiger partial charge is 0.137 e. The van der Waals surface area contributed by atoms with Crippen LogP contribution in [0.1, 0.15) is 46.2 Å². The first-order chi connectivity index (χ1) is 9.42. The van der Waals surface area contributed by atoms with Gasteiger partial charge in [0.25, 0.3) is 0 Å². The summed E-state index contributed by atoms with van der Waals surface area (Å²) in [6.07, 6.45) is 4.60. The van der Waals surface area contributed by atoms with Gasteiger partial charge in [0.2, 0.25) is 0 Å². The molecule has 0 radical (unpaired) electrons. The molecule has 2 unspecified atom stereocenters. The van der Waals surface area contributed by atoms with E-state index < -0.39 is 0 Å². The van der Waals surface area contributed by atoms with Crippen LogP contribution in [0.25, 0.3) is 0 Å². The molecule has 2 rings (SSSR count). The zero-order valence-electron chi connectivity index (χ0n) is 13.0. The van der Waals surface area contributed by atoms with E-state index in [9.17, 15) is 0 Å². The Morgan fingerprint density at radius 1 is 1.35 bits per heavy atom. The van der Waals surface area contributed by atoms with E-state index in [0.717, 1.165) is 30.8 Å². The molecule has 1 aromatic rings.